The van der Waals surface area contributed by atoms with Gasteiger partial charge in [0.2, 0.25) is 0 Å². The average Bonchev–Trinajstić information content (AvgIpc) is 2.93. The quantitative estimate of drug-likeness (QED) is 0.0407. The van der Waals surface area contributed by atoms with Crippen LogP contribution in [0.25, 0.3) is 0 Å². The Balaban J connectivity index is 3.98. The monoisotopic (exact) mass is 607 g/mol. The number of hydrogen-bond acceptors (Lipinski definition) is 7. The Morgan fingerprint density at radius 3 is 1.41 bits per heavy atom. The summed E-state index contributed by atoms with van der Waals surface area (Å²) in [4.78, 5) is 42.4. The molecule has 0 radical (unpaired) electrons. The molecule has 0 bridgehead atoms. The van der Waals surface area contributed by atoms with Gasteiger partial charge >= 0.3 is 19.8 Å². The fraction of sp³-hybridized carbons (Fsp3) is 0.935. The van der Waals surface area contributed by atoms with Crippen LogP contribution in [0.5, 0.6) is 0 Å². The summed E-state index contributed by atoms with van der Waals surface area (Å²) in [6, 6.07) is 0. The van der Waals surface area contributed by atoms with Gasteiger partial charge in [0, 0.05) is 12.8 Å². The molecule has 41 heavy (non-hydrogen) atoms. The molecule has 0 heterocycles. The van der Waals surface area contributed by atoms with Gasteiger partial charge in [-0.2, -0.15) is 0 Å². The summed E-state index contributed by atoms with van der Waals surface area (Å²) in [6.07, 6.45) is 24.9. The van der Waals surface area contributed by atoms with Gasteiger partial charge in [0.1, 0.15) is 6.61 Å². The molecule has 0 aromatic heterocycles. The Hall–Kier alpha value is -0.990. The molecule has 0 aliphatic heterocycles. The highest BCUT2D eigenvalue weighted by atomic mass is 31.2. The first-order chi connectivity index (χ1) is 19.8. The summed E-state index contributed by atoms with van der Waals surface area (Å²) in [5.74, 6) is -0.896. The van der Waals surface area contributed by atoms with Gasteiger partial charge < -0.3 is 25.0 Å². The lowest BCUT2D eigenvalue weighted by atomic mass is 10.0. The van der Waals surface area contributed by atoms with E-state index in [4.69, 9.17) is 25.0 Å². The van der Waals surface area contributed by atoms with Crippen molar-refractivity contribution in [2.75, 3.05) is 19.8 Å². The van der Waals surface area contributed by atoms with Crippen molar-refractivity contribution >= 4 is 19.8 Å². The van der Waals surface area contributed by atoms with Gasteiger partial charge in [-0.05, 0) is 25.8 Å². The summed E-state index contributed by atoms with van der Waals surface area (Å²) in [6.45, 7) is 2.18. The zero-order valence-electron chi connectivity index (χ0n) is 26.0. The van der Waals surface area contributed by atoms with Gasteiger partial charge in [0.25, 0.3) is 0 Å². The minimum Gasteiger partial charge on any atom is -0.462 e. The lowest BCUT2D eigenvalue weighted by molar-refractivity contribution is -0.161. The van der Waals surface area contributed by atoms with E-state index in [1.165, 1.54) is 83.5 Å². The van der Waals surface area contributed by atoms with Gasteiger partial charge in [-0.25, -0.2) is 4.57 Å². The molecule has 0 aliphatic rings. The SMILES string of the molecule is CCCCCCCCCCCCCCCC(=O)O[C@H](COC(=O)CCCCCCCCCCCN)COP(=O)(O)O. The van der Waals surface area contributed by atoms with Gasteiger partial charge in [0.15, 0.2) is 6.10 Å². The maximum absolute atomic E-state index is 12.3. The van der Waals surface area contributed by atoms with Crippen molar-refractivity contribution in [3.63, 3.8) is 0 Å². The number of carbonyl (C=O) groups is 2. The van der Waals surface area contributed by atoms with Crippen LogP contribution in [-0.4, -0.2) is 47.6 Å². The van der Waals surface area contributed by atoms with Crippen LogP contribution in [-0.2, 0) is 28.2 Å². The summed E-state index contributed by atoms with van der Waals surface area (Å²) >= 11 is 0. The lowest BCUT2D eigenvalue weighted by Gasteiger charge is -2.18. The highest BCUT2D eigenvalue weighted by Gasteiger charge is 2.22. The van der Waals surface area contributed by atoms with Crippen LogP contribution in [0, 0.1) is 0 Å². The van der Waals surface area contributed by atoms with Gasteiger partial charge in [-0.1, -0.05) is 129 Å². The van der Waals surface area contributed by atoms with E-state index in [0.717, 1.165) is 51.5 Å². The molecule has 0 unspecified atom stereocenters. The third-order valence-electron chi connectivity index (χ3n) is 7.23. The molecule has 0 spiro atoms. The molecular formula is C31H62NO8P. The molecule has 0 saturated heterocycles. The minimum absolute atomic E-state index is 0.213. The highest BCUT2D eigenvalue weighted by molar-refractivity contribution is 7.46. The summed E-state index contributed by atoms with van der Waals surface area (Å²) in [5, 5.41) is 0. The van der Waals surface area contributed by atoms with Crippen molar-refractivity contribution in [3.8, 4) is 0 Å². The summed E-state index contributed by atoms with van der Waals surface area (Å²) in [7, 11) is -4.74. The van der Waals surface area contributed by atoms with Crippen molar-refractivity contribution in [2.45, 2.75) is 167 Å². The van der Waals surface area contributed by atoms with Crippen LogP contribution in [0.1, 0.15) is 161 Å². The smallest absolute Gasteiger partial charge is 0.462 e. The third kappa shape index (κ3) is 31.8. The standard InChI is InChI=1S/C31H62NO8P/c1-2-3-4-5-6-7-8-9-10-12-16-19-22-25-31(34)40-29(28-39-41(35,36)37)27-38-30(33)24-21-18-15-13-11-14-17-20-23-26-32/h29H,2-28,32H2,1H3,(H2,35,36,37)/t29-/m1/s1. The van der Waals surface area contributed by atoms with Crippen LogP contribution in [0.3, 0.4) is 0 Å². The molecule has 0 amide bonds. The number of hydrogen-bond donors (Lipinski definition) is 3. The second-order valence-corrected chi connectivity index (χ2v) is 12.5. The zero-order valence-corrected chi connectivity index (χ0v) is 26.9. The fourth-order valence-electron chi connectivity index (χ4n) is 4.74. The fourth-order valence-corrected chi connectivity index (χ4v) is 5.10. The maximum Gasteiger partial charge on any atom is 0.469 e. The zero-order chi connectivity index (χ0) is 30.4. The molecule has 10 heteroatoms. The van der Waals surface area contributed by atoms with E-state index in [0.29, 0.717) is 12.8 Å². The van der Waals surface area contributed by atoms with E-state index in [-0.39, 0.29) is 19.4 Å². The van der Waals surface area contributed by atoms with E-state index in [1.54, 1.807) is 0 Å². The van der Waals surface area contributed by atoms with Crippen LogP contribution in [0.4, 0.5) is 0 Å². The second kappa shape index (κ2) is 29.1. The maximum atomic E-state index is 12.3. The first-order valence-electron chi connectivity index (χ1n) is 16.5. The Bertz CT molecular complexity index is 658. The Morgan fingerprint density at radius 2 is 1.00 bits per heavy atom. The van der Waals surface area contributed by atoms with Gasteiger partial charge in [0.05, 0.1) is 6.61 Å². The molecule has 0 aromatic carbocycles. The number of nitrogens with two attached hydrogens (primary N) is 1. The number of carbonyl (C=O) groups excluding carboxylic acids is 2. The van der Waals surface area contributed by atoms with Crippen LogP contribution < -0.4 is 5.73 Å². The largest absolute Gasteiger partial charge is 0.469 e. The Morgan fingerprint density at radius 1 is 0.610 bits per heavy atom. The molecular weight excluding hydrogens is 545 g/mol. The number of esters is 2. The molecule has 4 N–H and O–H groups in total. The van der Waals surface area contributed by atoms with Crippen molar-refractivity contribution in [1.29, 1.82) is 0 Å². The predicted molar refractivity (Wildman–Crippen MR) is 164 cm³/mol. The summed E-state index contributed by atoms with van der Waals surface area (Å²) < 4.78 is 26.1. The molecule has 0 rings (SSSR count). The van der Waals surface area contributed by atoms with E-state index in [1.807, 2.05) is 0 Å². The second-order valence-electron chi connectivity index (χ2n) is 11.3. The molecule has 0 saturated carbocycles. The van der Waals surface area contributed by atoms with Crippen molar-refractivity contribution < 1.29 is 37.9 Å². The average molecular weight is 608 g/mol. The number of ether oxygens (including phenoxy) is 2. The topological polar surface area (TPSA) is 145 Å². The first-order valence-corrected chi connectivity index (χ1v) is 18.1. The normalized spacial score (nSPS) is 12.4. The summed E-state index contributed by atoms with van der Waals surface area (Å²) in [5.41, 5.74) is 5.50. The first kappa shape index (κ1) is 40.0. The van der Waals surface area contributed by atoms with Crippen molar-refractivity contribution in [3.05, 3.63) is 0 Å². The van der Waals surface area contributed by atoms with Crippen molar-refractivity contribution in [1.82, 2.24) is 0 Å². The van der Waals surface area contributed by atoms with E-state index in [2.05, 4.69) is 11.4 Å². The lowest BCUT2D eigenvalue weighted by Crippen LogP contribution is -2.29. The van der Waals surface area contributed by atoms with E-state index >= 15 is 0 Å². The predicted octanol–water partition coefficient (Wildman–Crippen LogP) is 7.89. The molecule has 1 atom stereocenters. The number of phosphoric ester groups is 1. The molecule has 0 fully saturated rings. The molecule has 0 aromatic rings. The number of rotatable bonds is 31. The minimum atomic E-state index is -4.74. The van der Waals surface area contributed by atoms with Crippen molar-refractivity contribution in [2.24, 2.45) is 5.73 Å². The van der Waals surface area contributed by atoms with E-state index in [9.17, 15) is 14.2 Å². The van der Waals surface area contributed by atoms with Gasteiger partial charge in [-0.3, -0.25) is 14.1 Å². The number of unbranched alkanes of at least 4 members (excludes halogenated alkanes) is 20. The molecule has 0 aliphatic carbocycles. The van der Waals surface area contributed by atoms with Gasteiger partial charge in [-0.15, -0.1) is 0 Å². The highest BCUT2D eigenvalue weighted by Crippen LogP contribution is 2.35. The Labute approximate surface area is 250 Å². The van der Waals surface area contributed by atoms with Crippen LogP contribution in [0.15, 0.2) is 0 Å². The molecule has 9 nitrogen and oxygen atoms in total. The van der Waals surface area contributed by atoms with Crippen LogP contribution >= 0.6 is 7.82 Å². The van der Waals surface area contributed by atoms with Crippen LogP contribution in [0.2, 0.25) is 0 Å². The molecule has 244 valence electrons. The third-order valence-corrected chi connectivity index (χ3v) is 7.71. The number of phosphoric acid groups is 1. The Kier molecular flexibility index (Phi) is 28.4. The van der Waals surface area contributed by atoms with E-state index < -0.39 is 32.5 Å².